The average Bonchev–Trinajstić information content (AvgIpc) is 2.70. The third-order valence-corrected chi connectivity index (χ3v) is 7.30. The first kappa shape index (κ1) is 21.4. The van der Waals surface area contributed by atoms with E-state index in [2.05, 4.69) is 34.3 Å². The maximum absolute atomic E-state index is 8.61. The Morgan fingerprint density at radius 1 is 1.27 bits per heavy atom. The first-order valence-electron chi connectivity index (χ1n) is 10.1. The second-order valence-electron chi connectivity index (χ2n) is 7.57. The Balaban J connectivity index is 3.40. The molecule has 0 aliphatic rings. The van der Waals surface area contributed by atoms with Crippen LogP contribution in [0.25, 0.3) is 0 Å². The van der Waals surface area contributed by atoms with Crippen LogP contribution in [-0.4, -0.2) is 29.0 Å². The molecule has 1 aromatic carbocycles. The van der Waals surface area contributed by atoms with Crippen molar-refractivity contribution in [3.8, 4) is 0 Å². The van der Waals surface area contributed by atoms with Crippen LogP contribution in [0.2, 0.25) is 0 Å². The van der Waals surface area contributed by atoms with E-state index in [-0.39, 0.29) is 5.92 Å². The second-order valence-corrected chi connectivity index (χ2v) is 7.98. The van der Waals surface area contributed by atoms with Gasteiger partial charge in [0.15, 0.2) is 5.79 Å². The van der Waals surface area contributed by atoms with E-state index in [4.69, 9.17) is 15.3 Å². The Hall–Kier alpha value is -0.943. The van der Waals surface area contributed by atoms with Crippen LogP contribution in [0.4, 0.5) is 0 Å². The van der Waals surface area contributed by atoms with E-state index in [1.165, 1.54) is 0 Å². The molecular formula is C22H38O3Si. The normalized spacial score (nSPS) is 21.7. The summed E-state index contributed by atoms with van der Waals surface area (Å²) in [5.74, 6) is -0.697. The minimum atomic E-state index is -0.956. The molecule has 0 aliphatic carbocycles. The summed E-state index contributed by atoms with van der Waals surface area (Å²) in [5, 5.41) is 0. The highest BCUT2D eigenvalue weighted by Gasteiger charge is 2.59. The summed E-state index contributed by atoms with van der Waals surface area (Å²) in [6, 6.07) is 9.63. The van der Waals surface area contributed by atoms with Crippen molar-refractivity contribution in [2.45, 2.75) is 71.9 Å². The van der Waals surface area contributed by atoms with Gasteiger partial charge in [-0.3, -0.25) is 0 Å². The van der Waals surface area contributed by atoms with E-state index in [1.807, 2.05) is 43.3 Å². The molecule has 0 saturated heterocycles. The van der Waals surface area contributed by atoms with E-state index in [0.717, 1.165) is 24.8 Å². The number of hydrogen-bond acceptors (Lipinski definition) is 3. The van der Waals surface area contributed by atoms with Crippen LogP contribution >= 0.6 is 0 Å². The number of allylic oxidation sites excluding steroid dienone is 1. The molecule has 5 atom stereocenters. The van der Waals surface area contributed by atoms with Gasteiger partial charge in [-0.05, 0) is 38.2 Å². The minimum absolute atomic E-state index is 0.259. The summed E-state index contributed by atoms with van der Waals surface area (Å²) >= 11 is 0. The fourth-order valence-electron chi connectivity index (χ4n) is 3.90. The number of methoxy groups -OCH3 is 1. The Kier molecular flexibility index (Phi) is 8.08. The van der Waals surface area contributed by atoms with Gasteiger partial charge in [0.25, 0.3) is 0 Å². The topological polar surface area (TPSA) is 27.7 Å². The number of hydrogen-bond donors (Lipinski definition) is 0. The molecule has 3 nitrogen and oxygen atoms in total. The van der Waals surface area contributed by atoms with Gasteiger partial charge in [0.1, 0.15) is 10.5 Å². The van der Waals surface area contributed by atoms with Crippen LogP contribution in [0.3, 0.4) is 0 Å². The highest BCUT2D eigenvalue weighted by molar-refractivity contribution is 5.98. The van der Waals surface area contributed by atoms with Gasteiger partial charge >= 0.3 is 0 Å². The lowest BCUT2D eigenvalue weighted by atomic mass is 9.59. The molecule has 1 rings (SSSR count). The largest absolute Gasteiger partial charge is 0.401 e. The predicted octanol–water partition coefficient (Wildman–Crippen LogP) is 4.64. The molecule has 0 bridgehead atoms. The lowest BCUT2D eigenvalue weighted by Gasteiger charge is -2.57. The van der Waals surface area contributed by atoms with Gasteiger partial charge in [-0.25, -0.2) is 0 Å². The number of benzene rings is 1. The second kappa shape index (κ2) is 9.84. The van der Waals surface area contributed by atoms with Crippen LogP contribution < -0.4 is 0 Å². The summed E-state index contributed by atoms with van der Waals surface area (Å²) in [7, 11) is 2.26. The Labute approximate surface area is 165 Å². The van der Waals surface area contributed by atoms with Gasteiger partial charge in [0.05, 0.1) is 19.0 Å². The molecule has 26 heavy (non-hydrogen) atoms. The molecule has 1 aromatic rings. The van der Waals surface area contributed by atoms with Gasteiger partial charge < -0.3 is 13.9 Å². The number of rotatable bonds is 12. The van der Waals surface area contributed by atoms with Crippen molar-refractivity contribution in [1.29, 1.82) is 0 Å². The first-order valence-corrected chi connectivity index (χ1v) is 10.3. The standard InChI is InChI=1S/C22H38O3Si/c1-8-10-16-20(4,23-7)21(5,18(3)9-2)22(6,25-26)24-17-19-14-12-11-13-15-19/h8,11-15,18H,1,9-10,16-17H2,2-7,26H3/t18-,20-,21?,22?/m1/s1/i17T/t17?,18-,20-,21?,22?. The highest BCUT2D eigenvalue weighted by Crippen LogP contribution is 2.54. The Morgan fingerprint density at radius 2 is 1.88 bits per heavy atom. The first-order chi connectivity index (χ1) is 12.7. The van der Waals surface area contributed by atoms with Gasteiger partial charge in [-0.1, -0.05) is 63.6 Å². The van der Waals surface area contributed by atoms with E-state index in [9.17, 15) is 0 Å². The van der Waals surface area contributed by atoms with Crippen LogP contribution in [0.1, 0.15) is 60.8 Å². The van der Waals surface area contributed by atoms with E-state index in [1.54, 1.807) is 7.11 Å². The van der Waals surface area contributed by atoms with Crippen molar-refractivity contribution in [3.05, 3.63) is 48.6 Å². The maximum Gasteiger partial charge on any atom is 0.164 e. The summed E-state index contributed by atoms with van der Waals surface area (Å²) in [4.78, 5) is 0. The van der Waals surface area contributed by atoms with Gasteiger partial charge in [-0.2, -0.15) is 0 Å². The molecule has 0 aliphatic heterocycles. The third kappa shape index (κ3) is 4.48. The Bertz CT molecular complexity index is 584. The van der Waals surface area contributed by atoms with Gasteiger partial charge in [0.2, 0.25) is 0 Å². The smallest absolute Gasteiger partial charge is 0.164 e. The van der Waals surface area contributed by atoms with Crippen molar-refractivity contribution < 1.29 is 15.3 Å². The van der Waals surface area contributed by atoms with E-state index in [0.29, 0.717) is 10.5 Å². The fourth-order valence-corrected chi connectivity index (χ4v) is 4.42. The molecule has 4 heteroatoms. The lowest BCUT2D eigenvalue weighted by molar-refractivity contribution is -0.311. The molecule has 0 radical (unpaired) electrons. The average molecular weight is 381 g/mol. The molecule has 0 aromatic heterocycles. The lowest BCUT2D eigenvalue weighted by Crippen LogP contribution is -2.63. The van der Waals surface area contributed by atoms with Crippen molar-refractivity contribution in [1.82, 2.24) is 0 Å². The van der Waals surface area contributed by atoms with Crippen molar-refractivity contribution in [3.63, 3.8) is 0 Å². The van der Waals surface area contributed by atoms with Gasteiger partial charge in [0, 0.05) is 7.11 Å². The van der Waals surface area contributed by atoms with E-state index >= 15 is 0 Å². The van der Waals surface area contributed by atoms with Crippen molar-refractivity contribution in [2.24, 2.45) is 11.3 Å². The fraction of sp³-hybridized carbons (Fsp3) is 0.636. The molecule has 3 unspecified atom stereocenters. The molecule has 0 saturated carbocycles. The summed E-state index contributed by atoms with van der Waals surface area (Å²) in [5.41, 5.74) is -0.145. The zero-order valence-corrected chi connectivity index (χ0v) is 19.7. The van der Waals surface area contributed by atoms with Crippen LogP contribution in [-0.2, 0) is 20.5 Å². The molecule has 0 N–H and O–H groups in total. The molecule has 0 amide bonds. The van der Waals surface area contributed by atoms with Crippen LogP contribution in [0.5, 0.6) is 0 Å². The van der Waals surface area contributed by atoms with Gasteiger partial charge in [-0.15, -0.1) is 6.58 Å². The molecule has 0 heterocycles. The van der Waals surface area contributed by atoms with Crippen LogP contribution in [0.15, 0.2) is 43.0 Å². The monoisotopic (exact) mass is 380 g/mol. The summed E-state index contributed by atoms with van der Waals surface area (Å²) in [6.07, 6.45) is 4.54. The Morgan fingerprint density at radius 3 is 2.35 bits per heavy atom. The predicted molar refractivity (Wildman–Crippen MR) is 113 cm³/mol. The zero-order chi connectivity index (χ0) is 20.7. The molecule has 0 spiro atoms. The minimum Gasteiger partial charge on any atom is -0.401 e. The van der Waals surface area contributed by atoms with Crippen LogP contribution in [0, 0.1) is 11.3 Å². The number of ether oxygens (including phenoxy) is 2. The third-order valence-electron chi connectivity index (χ3n) is 6.52. The summed E-state index contributed by atoms with van der Waals surface area (Å²) in [6.45, 7) is 13.7. The molecule has 148 valence electrons. The SMILES string of the molecule is [3H]C(OC(C)(O[SiH3])C(C)([C@H](C)CC)[C@@](C)(CCC=C)OC)c1ccccc1. The quantitative estimate of drug-likeness (QED) is 0.300. The zero-order valence-electron chi connectivity index (χ0n) is 18.7. The van der Waals surface area contributed by atoms with E-state index < -0.39 is 23.4 Å². The van der Waals surface area contributed by atoms with Crippen molar-refractivity contribution in [2.75, 3.05) is 7.11 Å². The molecule has 0 fully saturated rings. The summed E-state index contributed by atoms with van der Waals surface area (Å²) < 4.78 is 27.2. The highest BCUT2D eigenvalue weighted by atomic mass is 28.2. The van der Waals surface area contributed by atoms with Crippen molar-refractivity contribution >= 4 is 10.5 Å². The maximum atomic E-state index is 8.61. The molecular weight excluding hydrogens is 340 g/mol.